The normalized spacial score (nSPS) is 11.8. The molecule has 0 aliphatic carbocycles. The molecule has 0 spiro atoms. The molecule has 0 rings (SSSR count). The molecule has 0 unspecified atom stereocenters. The first-order valence-electron chi connectivity index (χ1n) is 8.84. The molecule has 0 atom stereocenters. The molecule has 0 saturated carbocycles. The summed E-state index contributed by atoms with van der Waals surface area (Å²) in [7, 11) is -2.54. The average molecular weight is 367 g/mol. The standard InChI is InChI=1S/C16H36O3Si.CH2OS/c1-8-9-10-11-12-13-20(17-14(2)3,18-15(4)5)19-16(6)7;2-1-3/h14-16H,8-13H2,1-7H3;1H,(H,2,3). The molecule has 0 amide bonds. The van der Waals surface area contributed by atoms with Crippen LogP contribution in [-0.2, 0) is 18.1 Å². The SMILES string of the molecule is CCCCCCC[Si](OC(C)C)(OC(C)C)OC(C)C.O=CS. The fraction of sp³-hybridized carbons (Fsp3) is 0.941. The van der Waals surface area contributed by atoms with E-state index in [9.17, 15) is 0 Å². The zero-order valence-corrected chi connectivity index (χ0v) is 18.0. The minimum atomic E-state index is -2.54. The Morgan fingerprint density at radius 1 is 0.826 bits per heavy atom. The first-order valence-corrected chi connectivity index (χ1v) is 11.3. The number of carbonyl (C=O) groups excluding carboxylic acids is 1. The van der Waals surface area contributed by atoms with E-state index in [0.29, 0.717) is 5.62 Å². The maximum absolute atomic E-state index is 8.67. The van der Waals surface area contributed by atoms with Crippen molar-refractivity contribution in [1.82, 2.24) is 0 Å². The summed E-state index contributed by atoms with van der Waals surface area (Å²) in [5.74, 6) is 0. The van der Waals surface area contributed by atoms with Crippen LogP contribution in [-0.4, -0.2) is 32.7 Å². The zero-order chi connectivity index (χ0) is 18.3. The van der Waals surface area contributed by atoms with E-state index in [-0.39, 0.29) is 18.3 Å². The molecule has 0 fully saturated rings. The molecular weight excluding hydrogens is 328 g/mol. The number of unbranched alkanes of at least 4 members (excludes halogenated alkanes) is 4. The van der Waals surface area contributed by atoms with Crippen LogP contribution in [0.2, 0.25) is 6.04 Å². The second-order valence-electron chi connectivity index (χ2n) is 6.45. The lowest BCUT2D eigenvalue weighted by atomic mass is 10.2. The van der Waals surface area contributed by atoms with Crippen molar-refractivity contribution in [3.8, 4) is 0 Å². The molecule has 0 saturated heterocycles. The van der Waals surface area contributed by atoms with Gasteiger partial charge in [-0.1, -0.05) is 32.6 Å². The van der Waals surface area contributed by atoms with Gasteiger partial charge in [0.15, 0.2) is 5.62 Å². The summed E-state index contributed by atoms with van der Waals surface area (Å²) in [6, 6.07) is 0.936. The molecule has 23 heavy (non-hydrogen) atoms. The van der Waals surface area contributed by atoms with Gasteiger partial charge in [-0.25, -0.2) is 0 Å². The number of hydrogen-bond donors (Lipinski definition) is 1. The van der Waals surface area contributed by atoms with Crippen LogP contribution >= 0.6 is 12.6 Å². The second kappa shape index (κ2) is 15.6. The predicted molar refractivity (Wildman–Crippen MR) is 104 cm³/mol. The van der Waals surface area contributed by atoms with Crippen LogP contribution < -0.4 is 0 Å². The lowest BCUT2D eigenvalue weighted by molar-refractivity contribution is 0.00278. The zero-order valence-electron chi connectivity index (χ0n) is 16.1. The summed E-state index contributed by atoms with van der Waals surface area (Å²) in [4.78, 5) is 8.67. The fourth-order valence-electron chi connectivity index (χ4n) is 2.28. The van der Waals surface area contributed by atoms with Gasteiger partial charge in [0.1, 0.15) is 0 Å². The highest BCUT2D eigenvalue weighted by atomic mass is 32.1. The van der Waals surface area contributed by atoms with Crippen molar-refractivity contribution >= 4 is 27.1 Å². The van der Waals surface area contributed by atoms with E-state index in [2.05, 4.69) is 61.1 Å². The monoisotopic (exact) mass is 366 g/mol. The quantitative estimate of drug-likeness (QED) is 0.221. The summed E-state index contributed by atoms with van der Waals surface area (Å²) in [6.07, 6.45) is 6.71. The molecule has 0 aromatic carbocycles. The van der Waals surface area contributed by atoms with E-state index in [1.807, 2.05) is 0 Å². The molecule has 0 aliphatic rings. The van der Waals surface area contributed by atoms with Crippen LogP contribution in [0.4, 0.5) is 0 Å². The molecule has 140 valence electrons. The Hall–Kier alpha value is 0.117. The number of carbonyl (C=O) groups is 1. The molecule has 0 aliphatic heterocycles. The summed E-state index contributed by atoms with van der Waals surface area (Å²) in [5, 5.41) is 0. The van der Waals surface area contributed by atoms with Gasteiger partial charge in [-0.05, 0) is 48.0 Å². The minimum Gasteiger partial charge on any atom is -0.371 e. The highest BCUT2D eigenvalue weighted by molar-refractivity contribution is 7.94. The van der Waals surface area contributed by atoms with Crippen LogP contribution in [0.15, 0.2) is 0 Å². The van der Waals surface area contributed by atoms with Gasteiger partial charge in [-0.2, -0.15) is 0 Å². The fourth-order valence-corrected chi connectivity index (χ4v) is 5.64. The topological polar surface area (TPSA) is 44.8 Å². The molecule has 0 aromatic heterocycles. The van der Waals surface area contributed by atoms with Crippen molar-refractivity contribution in [2.24, 2.45) is 0 Å². The van der Waals surface area contributed by atoms with Crippen molar-refractivity contribution in [2.45, 2.75) is 105 Å². The van der Waals surface area contributed by atoms with E-state index in [4.69, 9.17) is 18.1 Å². The van der Waals surface area contributed by atoms with Gasteiger partial charge < -0.3 is 13.3 Å². The minimum absolute atomic E-state index is 0.148. The smallest absolute Gasteiger partial charge is 0.371 e. The Morgan fingerprint density at radius 3 is 1.48 bits per heavy atom. The highest BCUT2D eigenvalue weighted by Crippen LogP contribution is 2.25. The summed E-state index contributed by atoms with van der Waals surface area (Å²) in [5.41, 5.74) is 0.444. The van der Waals surface area contributed by atoms with Crippen LogP contribution in [0.3, 0.4) is 0 Å². The van der Waals surface area contributed by atoms with Crippen LogP contribution in [0.25, 0.3) is 0 Å². The van der Waals surface area contributed by atoms with Crippen LogP contribution in [0.5, 0.6) is 0 Å². The van der Waals surface area contributed by atoms with Crippen molar-refractivity contribution in [1.29, 1.82) is 0 Å². The van der Waals surface area contributed by atoms with Gasteiger partial charge in [0.25, 0.3) is 0 Å². The Bertz CT molecular complexity index is 247. The third-order valence-electron chi connectivity index (χ3n) is 2.83. The van der Waals surface area contributed by atoms with Crippen molar-refractivity contribution < 1.29 is 18.1 Å². The maximum Gasteiger partial charge on any atom is 0.501 e. The largest absolute Gasteiger partial charge is 0.501 e. The van der Waals surface area contributed by atoms with Gasteiger partial charge in [0, 0.05) is 24.4 Å². The number of thiol groups is 1. The Kier molecular flexibility index (Phi) is 17.2. The first kappa shape index (κ1) is 25.4. The number of hydrogen-bond acceptors (Lipinski definition) is 4. The van der Waals surface area contributed by atoms with Crippen LogP contribution in [0, 0.1) is 0 Å². The molecule has 0 radical (unpaired) electrons. The third kappa shape index (κ3) is 16.7. The Morgan fingerprint density at radius 2 is 1.17 bits per heavy atom. The average Bonchev–Trinajstić information content (AvgIpc) is 2.36. The molecule has 0 bridgehead atoms. The van der Waals surface area contributed by atoms with Crippen molar-refractivity contribution in [3.05, 3.63) is 0 Å². The van der Waals surface area contributed by atoms with E-state index < -0.39 is 8.80 Å². The Balaban J connectivity index is 0. The Labute approximate surface area is 150 Å². The molecular formula is C17H38O4SSi. The molecule has 6 heteroatoms. The molecule has 0 N–H and O–H groups in total. The van der Waals surface area contributed by atoms with Gasteiger partial charge in [-0.3, -0.25) is 4.79 Å². The van der Waals surface area contributed by atoms with Gasteiger partial charge >= 0.3 is 8.80 Å². The van der Waals surface area contributed by atoms with E-state index >= 15 is 0 Å². The lowest BCUT2D eigenvalue weighted by Crippen LogP contribution is -2.50. The third-order valence-corrected chi connectivity index (χ3v) is 6.29. The van der Waals surface area contributed by atoms with Crippen LogP contribution in [0.1, 0.15) is 80.6 Å². The van der Waals surface area contributed by atoms with Crippen molar-refractivity contribution in [3.63, 3.8) is 0 Å². The van der Waals surface area contributed by atoms with Gasteiger partial charge in [0.2, 0.25) is 0 Å². The van der Waals surface area contributed by atoms with E-state index in [1.54, 1.807) is 0 Å². The van der Waals surface area contributed by atoms with Crippen molar-refractivity contribution in [2.75, 3.05) is 0 Å². The second-order valence-corrected chi connectivity index (χ2v) is 9.24. The van der Waals surface area contributed by atoms with Gasteiger partial charge in [-0.15, -0.1) is 12.6 Å². The first-order chi connectivity index (χ1) is 10.7. The molecule has 4 nitrogen and oxygen atoms in total. The lowest BCUT2D eigenvalue weighted by Gasteiger charge is -2.34. The summed E-state index contributed by atoms with van der Waals surface area (Å²) in [6.45, 7) is 14.6. The van der Waals surface area contributed by atoms with E-state index in [0.717, 1.165) is 12.5 Å². The van der Waals surface area contributed by atoms with E-state index in [1.165, 1.54) is 25.7 Å². The molecule has 0 heterocycles. The molecule has 0 aromatic rings. The number of rotatable bonds is 12. The summed E-state index contributed by atoms with van der Waals surface area (Å²) < 4.78 is 18.5. The maximum atomic E-state index is 8.67. The summed E-state index contributed by atoms with van der Waals surface area (Å²) >= 11 is 3.11. The highest BCUT2D eigenvalue weighted by Gasteiger charge is 2.43. The van der Waals surface area contributed by atoms with Gasteiger partial charge in [0.05, 0.1) is 0 Å². The predicted octanol–water partition coefficient (Wildman–Crippen LogP) is 5.28.